The summed E-state index contributed by atoms with van der Waals surface area (Å²) in [7, 11) is -3.60. The Kier molecular flexibility index (Phi) is 5.45. The molecule has 0 aliphatic carbocycles. The van der Waals surface area contributed by atoms with Crippen molar-refractivity contribution in [3.8, 4) is 0 Å². The van der Waals surface area contributed by atoms with Gasteiger partial charge in [-0.3, -0.25) is 4.79 Å². The van der Waals surface area contributed by atoms with E-state index in [1.54, 1.807) is 0 Å². The van der Waals surface area contributed by atoms with Gasteiger partial charge in [-0.15, -0.1) is 0 Å². The van der Waals surface area contributed by atoms with E-state index in [4.69, 9.17) is 0 Å². The number of benzene rings is 1. The van der Waals surface area contributed by atoms with Crippen molar-refractivity contribution in [2.45, 2.75) is 42.9 Å². The van der Waals surface area contributed by atoms with Crippen LogP contribution >= 0.6 is 0 Å². The Balaban J connectivity index is 2.04. The lowest BCUT2D eigenvalue weighted by Crippen LogP contribution is -2.44. The molecule has 1 fully saturated rings. The molecule has 25 heavy (non-hydrogen) atoms. The molecule has 1 amide bonds. The summed E-state index contributed by atoms with van der Waals surface area (Å²) in [6, 6.07) is 5.16. The number of alkyl halides is 3. The molecular weight excluding hydrogens is 361 g/mol. The molecule has 1 aromatic carbocycles. The van der Waals surface area contributed by atoms with E-state index in [0.29, 0.717) is 20.0 Å². The van der Waals surface area contributed by atoms with Crippen molar-refractivity contribution in [3.05, 3.63) is 24.3 Å². The molecule has 0 aromatic heterocycles. The smallest absolute Gasteiger partial charge is 0.380 e. The number of halogens is 3. The standard InChI is InChI=1S/C15H19F3N2O4S/c1-14(22,15(16,17)18)10-13(21)19-11-4-6-12(7-5-11)25(23,24)20-8-2-3-9-20/h4-7,22H,2-3,8-10H2,1H3,(H,19,21)/t14-/m1/s1. The minimum atomic E-state index is -4.93. The molecule has 0 bridgehead atoms. The Morgan fingerprint density at radius 1 is 1.20 bits per heavy atom. The molecule has 0 spiro atoms. The van der Waals surface area contributed by atoms with Crippen LogP contribution in [-0.4, -0.2) is 48.6 Å². The molecule has 0 radical (unpaired) electrons. The van der Waals surface area contributed by atoms with E-state index in [2.05, 4.69) is 5.32 Å². The number of hydrogen-bond acceptors (Lipinski definition) is 4. The second kappa shape index (κ2) is 6.93. The summed E-state index contributed by atoms with van der Waals surface area (Å²) >= 11 is 0. The van der Waals surface area contributed by atoms with E-state index in [0.717, 1.165) is 12.8 Å². The van der Waals surface area contributed by atoms with Gasteiger partial charge < -0.3 is 10.4 Å². The molecule has 6 nitrogen and oxygen atoms in total. The van der Waals surface area contributed by atoms with Gasteiger partial charge in [0.15, 0.2) is 5.60 Å². The van der Waals surface area contributed by atoms with Gasteiger partial charge in [0.1, 0.15) is 0 Å². The van der Waals surface area contributed by atoms with Crippen LogP contribution < -0.4 is 5.32 Å². The zero-order valence-corrected chi connectivity index (χ0v) is 14.3. The van der Waals surface area contributed by atoms with E-state index < -0.39 is 34.1 Å². The fourth-order valence-electron chi connectivity index (χ4n) is 2.41. The number of carbonyl (C=O) groups excluding carboxylic acids is 1. The van der Waals surface area contributed by atoms with Crippen molar-refractivity contribution < 1.29 is 31.5 Å². The van der Waals surface area contributed by atoms with Crippen LogP contribution in [0.4, 0.5) is 18.9 Å². The van der Waals surface area contributed by atoms with Crippen LogP contribution in [0.25, 0.3) is 0 Å². The number of carbonyl (C=O) groups is 1. The van der Waals surface area contributed by atoms with E-state index in [9.17, 15) is 31.5 Å². The van der Waals surface area contributed by atoms with Crippen LogP contribution in [-0.2, 0) is 14.8 Å². The van der Waals surface area contributed by atoms with Gasteiger partial charge in [-0.25, -0.2) is 8.42 Å². The second-order valence-electron chi connectivity index (χ2n) is 6.13. The molecule has 1 atom stereocenters. The molecule has 2 rings (SSSR count). The largest absolute Gasteiger partial charge is 0.417 e. The highest BCUT2D eigenvalue weighted by molar-refractivity contribution is 7.89. The molecule has 1 saturated heterocycles. The minimum absolute atomic E-state index is 0.0506. The first-order valence-electron chi connectivity index (χ1n) is 7.63. The van der Waals surface area contributed by atoms with Crippen LogP contribution in [0.3, 0.4) is 0 Å². The van der Waals surface area contributed by atoms with E-state index >= 15 is 0 Å². The Bertz CT molecular complexity index is 724. The van der Waals surface area contributed by atoms with Crippen molar-refractivity contribution in [3.63, 3.8) is 0 Å². The maximum atomic E-state index is 12.6. The molecule has 0 unspecified atom stereocenters. The molecule has 10 heteroatoms. The average molecular weight is 380 g/mol. The summed E-state index contributed by atoms with van der Waals surface area (Å²) in [4.78, 5) is 11.7. The first-order valence-corrected chi connectivity index (χ1v) is 9.07. The minimum Gasteiger partial charge on any atom is -0.380 e. The Labute approximate surface area is 143 Å². The summed E-state index contributed by atoms with van der Waals surface area (Å²) in [5, 5.41) is 11.5. The third kappa shape index (κ3) is 4.50. The summed E-state index contributed by atoms with van der Waals surface area (Å²) < 4.78 is 63.7. The summed E-state index contributed by atoms with van der Waals surface area (Å²) in [6.45, 7) is 1.42. The maximum absolute atomic E-state index is 12.6. The number of anilines is 1. The number of nitrogens with one attached hydrogen (secondary N) is 1. The topological polar surface area (TPSA) is 86.7 Å². The molecule has 140 valence electrons. The van der Waals surface area contributed by atoms with Crippen LogP contribution in [0, 0.1) is 0 Å². The third-order valence-corrected chi connectivity index (χ3v) is 5.87. The quantitative estimate of drug-likeness (QED) is 0.819. The fraction of sp³-hybridized carbons (Fsp3) is 0.533. The highest BCUT2D eigenvalue weighted by atomic mass is 32.2. The summed E-state index contributed by atoms with van der Waals surface area (Å²) in [6.07, 6.45) is -4.50. The number of amides is 1. The number of sulfonamides is 1. The average Bonchev–Trinajstić information content (AvgIpc) is 3.00. The zero-order valence-electron chi connectivity index (χ0n) is 13.5. The van der Waals surface area contributed by atoms with Crippen LogP contribution in [0.15, 0.2) is 29.2 Å². The van der Waals surface area contributed by atoms with Crippen molar-refractivity contribution in [2.24, 2.45) is 0 Å². The Hall–Kier alpha value is -1.65. The van der Waals surface area contributed by atoms with Gasteiger partial charge in [-0.1, -0.05) is 0 Å². The molecular formula is C15H19F3N2O4S. The molecule has 1 aliphatic heterocycles. The predicted octanol–water partition coefficient (Wildman–Crippen LogP) is 2.11. The highest BCUT2D eigenvalue weighted by Crippen LogP contribution is 2.32. The number of hydrogen-bond donors (Lipinski definition) is 2. The fourth-order valence-corrected chi connectivity index (χ4v) is 3.92. The monoisotopic (exact) mass is 380 g/mol. The normalized spacial score (nSPS) is 18.8. The molecule has 1 aromatic rings. The van der Waals surface area contributed by atoms with Crippen LogP contribution in [0.5, 0.6) is 0 Å². The maximum Gasteiger partial charge on any atom is 0.417 e. The van der Waals surface area contributed by atoms with Crippen LogP contribution in [0.1, 0.15) is 26.2 Å². The zero-order chi connectivity index (χ0) is 18.9. The second-order valence-corrected chi connectivity index (χ2v) is 8.07. The van der Waals surface area contributed by atoms with Gasteiger partial charge in [0.2, 0.25) is 15.9 Å². The number of nitrogens with zero attached hydrogens (tertiary/aromatic N) is 1. The molecule has 1 aliphatic rings. The number of aliphatic hydroxyl groups is 1. The lowest BCUT2D eigenvalue weighted by Gasteiger charge is -2.25. The molecule has 0 saturated carbocycles. The van der Waals surface area contributed by atoms with Gasteiger partial charge in [0, 0.05) is 18.8 Å². The number of rotatable bonds is 5. The summed E-state index contributed by atoms with van der Waals surface area (Å²) in [5.41, 5.74) is -3.00. The van der Waals surface area contributed by atoms with Gasteiger partial charge >= 0.3 is 6.18 Å². The van der Waals surface area contributed by atoms with Gasteiger partial charge in [-0.2, -0.15) is 17.5 Å². The van der Waals surface area contributed by atoms with Gasteiger partial charge in [-0.05, 0) is 44.0 Å². The first-order chi connectivity index (χ1) is 11.4. The first kappa shape index (κ1) is 19.7. The SMILES string of the molecule is C[C@@](O)(CC(=O)Nc1ccc(S(=O)(=O)N2CCCC2)cc1)C(F)(F)F. The molecule has 1 heterocycles. The highest BCUT2D eigenvalue weighted by Gasteiger charge is 2.50. The lowest BCUT2D eigenvalue weighted by atomic mass is 10.0. The van der Waals surface area contributed by atoms with E-state index in [-0.39, 0.29) is 10.6 Å². The van der Waals surface area contributed by atoms with E-state index in [1.165, 1.54) is 28.6 Å². The van der Waals surface area contributed by atoms with Crippen molar-refractivity contribution in [2.75, 3.05) is 18.4 Å². The lowest BCUT2D eigenvalue weighted by molar-refractivity contribution is -0.252. The Morgan fingerprint density at radius 2 is 1.72 bits per heavy atom. The van der Waals surface area contributed by atoms with Crippen molar-refractivity contribution >= 4 is 21.6 Å². The summed E-state index contributed by atoms with van der Waals surface area (Å²) in [5.74, 6) is -1.03. The molecule has 2 N–H and O–H groups in total. The Morgan fingerprint density at radius 3 is 2.20 bits per heavy atom. The van der Waals surface area contributed by atoms with Crippen LogP contribution in [0.2, 0.25) is 0 Å². The third-order valence-electron chi connectivity index (χ3n) is 3.96. The van der Waals surface area contributed by atoms with Crippen molar-refractivity contribution in [1.82, 2.24) is 4.31 Å². The van der Waals surface area contributed by atoms with Crippen molar-refractivity contribution in [1.29, 1.82) is 0 Å². The predicted molar refractivity (Wildman–Crippen MR) is 84.4 cm³/mol. The van der Waals surface area contributed by atoms with E-state index in [1.807, 2.05) is 0 Å². The van der Waals surface area contributed by atoms with Gasteiger partial charge in [0.05, 0.1) is 11.3 Å². The van der Waals surface area contributed by atoms with Gasteiger partial charge in [0.25, 0.3) is 0 Å².